The quantitative estimate of drug-likeness (QED) is 0.492. The van der Waals surface area contributed by atoms with Crippen LogP contribution in [0.1, 0.15) is 77.3 Å². The Labute approximate surface area is 131 Å². The molecule has 0 saturated carbocycles. The first kappa shape index (κ1) is 18.0. The maximum Gasteiger partial charge on any atom is 0.0550 e. The Morgan fingerprint density at radius 2 is 1.81 bits per heavy atom. The van der Waals surface area contributed by atoms with Crippen molar-refractivity contribution in [3.05, 3.63) is 41.5 Å². The highest BCUT2D eigenvalue weighted by Crippen LogP contribution is 2.17. The van der Waals surface area contributed by atoms with E-state index in [9.17, 15) is 0 Å². The van der Waals surface area contributed by atoms with Gasteiger partial charge in [-0.05, 0) is 57.1 Å². The first-order valence-electron chi connectivity index (χ1n) is 8.41. The van der Waals surface area contributed by atoms with E-state index in [1.165, 1.54) is 24.0 Å². The second kappa shape index (κ2) is 9.78. The molecular formula is C20H32O. The fourth-order valence-corrected chi connectivity index (χ4v) is 2.47. The third-order valence-corrected chi connectivity index (χ3v) is 3.62. The Kier molecular flexibility index (Phi) is 8.37. The minimum absolute atomic E-state index is 0.341. The monoisotopic (exact) mass is 288 g/mol. The summed E-state index contributed by atoms with van der Waals surface area (Å²) in [5, 5.41) is 0. The highest BCUT2D eigenvalue weighted by atomic mass is 16.5. The molecule has 0 heterocycles. The lowest BCUT2D eigenvalue weighted by atomic mass is 10.0. The molecule has 118 valence electrons. The van der Waals surface area contributed by atoms with Gasteiger partial charge in [0.2, 0.25) is 0 Å². The Hall–Kier alpha value is -1.08. The lowest BCUT2D eigenvalue weighted by Crippen LogP contribution is -2.13. The largest absolute Gasteiger partial charge is 0.376 e. The molecule has 1 atom stereocenters. The maximum atomic E-state index is 5.74. The zero-order valence-electron chi connectivity index (χ0n) is 14.4. The van der Waals surface area contributed by atoms with Crippen molar-refractivity contribution in [1.82, 2.24) is 0 Å². The Balaban J connectivity index is 2.24. The average molecular weight is 288 g/mol. The number of hydrogen-bond donors (Lipinski definition) is 0. The molecule has 21 heavy (non-hydrogen) atoms. The van der Waals surface area contributed by atoms with Crippen LogP contribution in [0.3, 0.4) is 0 Å². The zero-order valence-corrected chi connectivity index (χ0v) is 14.4. The summed E-state index contributed by atoms with van der Waals surface area (Å²) in [4.78, 5) is 0. The zero-order chi connectivity index (χ0) is 15.7. The molecule has 1 aromatic carbocycles. The second-order valence-electron chi connectivity index (χ2n) is 6.51. The maximum absolute atomic E-state index is 5.74. The van der Waals surface area contributed by atoms with Crippen LogP contribution in [0, 0.1) is 0 Å². The van der Waals surface area contributed by atoms with Gasteiger partial charge in [-0.3, -0.25) is 0 Å². The highest BCUT2D eigenvalue weighted by Gasteiger charge is 2.03. The molecule has 0 aromatic heterocycles. The summed E-state index contributed by atoms with van der Waals surface area (Å²) >= 11 is 0. The third kappa shape index (κ3) is 8.06. The average Bonchev–Trinajstić information content (AvgIpc) is 2.42. The van der Waals surface area contributed by atoms with Crippen molar-refractivity contribution in [1.29, 1.82) is 0 Å². The molecule has 0 N–H and O–H groups in total. The van der Waals surface area contributed by atoms with Gasteiger partial charge < -0.3 is 4.74 Å². The van der Waals surface area contributed by atoms with E-state index in [4.69, 9.17) is 4.74 Å². The number of allylic oxidation sites excluding steroid dienone is 1. The normalized spacial score (nSPS) is 13.5. The summed E-state index contributed by atoms with van der Waals surface area (Å²) < 4.78 is 5.74. The van der Waals surface area contributed by atoms with Crippen molar-refractivity contribution in [2.45, 2.75) is 78.4 Å². The summed E-state index contributed by atoms with van der Waals surface area (Å²) in [6.07, 6.45) is 10.1. The van der Waals surface area contributed by atoms with E-state index in [0.29, 0.717) is 18.1 Å². The first-order chi connectivity index (χ1) is 9.99. The lowest BCUT2D eigenvalue weighted by molar-refractivity contribution is 0.0132. The van der Waals surface area contributed by atoms with E-state index < -0.39 is 0 Å². The minimum atomic E-state index is 0.341. The Bertz CT molecular complexity index is 418. The number of ether oxygens (including phenoxy) is 1. The van der Waals surface area contributed by atoms with Gasteiger partial charge in [-0.1, -0.05) is 56.7 Å². The molecule has 1 rings (SSSR count). The molecule has 0 amide bonds. The van der Waals surface area contributed by atoms with Crippen LogP contribution in [0.25, 0.3) is 6.08 Å². The SMILES string of the molecule is CC(C)O[C@H](C)CCCC/C=C/c1cccc(C(C)C)c1. The molecule has 0 aliphatic carbocycles. The van der Waals surface area contributed by atoms with Gasteiger partial charge in [-0.25, -0.2) is 0 Å². The molecule has 0 saturated heterocycles. The molecule has 0 aliphatic rings. The fraction of sp³-hybridized carbons (Fsp3) is 0.600. The molecule has 0 aliphatic heterocycles. The van der Waals surface area contributed by atoms with E-state index in [2.05, 4.69) is 71.0 Å². The van der Waals surface area contributed by atoms with Gasteiger partial charge >= 0.3 is 0 Å². The molecule has 1 nitrogen and oxygen atoms in total. The van der Waals surface area contributed by atoms with Crippen LogP contribution < -0.4 is 0 Å². The molecule has 1 aromatic rings. The molecule has 1 heteroatoms. The smallest absolute Gasteiger partial charge is 0.0550 e. The van der Waals surface area contributed by atoms with Crippen molar-refractivity contribution in [3.63, 3.8) is 0 Å². The summed E-state index contributed by atoms with van der Waals surface area (Å²) in [6, 6.07) is 8.83. The van der Waals surface area contributed by atoms with Crippen LogP contribution in [0.2, 0.25) is 0 Å². The van der Waals surface area contributed by atoms with Gasteiger partial charge in [0.05, 0.1) is 12.2 Å². The van der Waals surface area contributed by atoms with Crippen LogP contribution in [-0.4, -0.2) is 12.2 Å². The molecule has 0 radical (unpaired) electrons. The standard InChI is InChI=1S/C20H32O/c1-16(2)20-14-10-13-19(15-20)12-9-7-6-8-11-18(5)21-17(3)4/h9-10,12-18H,6-8,11H2,1-5H3/b12-9+/t18-/m1/s1. The second-order valence-corrected chi connectivity index (χ2v) is 6.51. The van der Waals surface area contributed by atoms with Gasteiger partial charge in [0, 0.05) is 0 Å². The molecule has 0 spiro atoms. The van der Waals surface area contributed by atoms with Gasteiger partial charge in [-0.2, -0.15) is 0 Å². The predicted molar refractivity (Wildman–Crippen MR) is 93.7 cm³/mol. The fourth-order valence-electron chi connectivity index (χ4n) is 2.47. The van der Waals surface area contributed by atoms with Gasteiger partial charge in [0.15, 0.2) is 0 Å². The molecule has 0 fully saturated rings. The number of unbranched alkanes of at least 4 members (excludes halogenated alkanes) is 2. The van der Waals surface area contributed by atoms with E-state index in [-0.39, 0.29) is 0 Å². The topological polar surface area (TPSA) is 9.23 Å². The summed E-state index contributed by atoms with van der Waals surface area (Å²) in [7, 11) is 0. The van der Waals surface area contributed by atoms with Gasteiger partial charge in [-0.15, -0.1) is 0 Å². The molecule has 0 bridgehead atoms. The van der Waals surface area contributed by atoms with Crippen LogP contribution in [-0.2, 0) is 4.74 Å². The first-order valence-corrected chi connectivity index (χ1v) is 8.41. The summed E-state index contributed by atoms with van der Waals surface area (Å²) in [5.74, 6) is 0.598. The minimum Gasteiger partial charge on any atom is -0.376 e. The van der Waals surface area contributed by atoms with Gasteiger partial charge in [0.1, 0.15) is 0 Å². The molecular weight excluding hydrogens is 256 g/mol. The van der Waals surface area contributed by atoms with E-state index in [1.807, 2.05) is 0 Å². The van der Waals surface area contributed by atoms with Gasteiger partial charge in [0.25, 0.3) is 0 Å². The molecule has 0 unspecified atom stereocenters. The lowest BCUT2D eigenvalue weighted by Gasteiger charge is -2.15. The van der Waals surface area contributed by atoms with Crippen molar-refractivity contribution in [2.24, 2.45) is 0 Å². The highest BCUT2D eigenvalue weighted by molar-refractivity contribution is 5.50. The van der Waals surface area contributed by atoms with Crippen molar-refractivity contribution in [3.8, 4) is 0 Å². The van der Waals surface area contributed by atoms with Crippen LogP contribution >= 0.6 is 0 Å². The number of hydrogen-bond acceptors (Lipinski definition) is 1. The Morgan fingerprint density at radius 1 is 1.05 bits per heavy atom. The van der Waals surface area contributed by atoms with E-state index in [0.717, 1.165) is 12.8 Å². The van der Waals surface area contributed by atoms with E-state index >= 15 is 0 Å². The van der Waals surface area contributed by atoms with Crippen molar-refractivity contribution in [2.75, 3.05) is 0 Å². The van der Waals surface area contributed by atoms with Crippen molar-refractivity contribution < 1.29 is 4.74 Å². The van der Waals surface area contributed by atoms with Crippen LogP contribution in [0.4, 0.5) is 0 Å². The van der Waals surface area contributed by atoms with Crippen LogP contribution in [0.15, 0.2) is 30.3 Å². The third-order valence-electron chi connectivity index (χ3n) is 3.62. The summed E-state index contributed by atoms with van der Waals surface area (Å²) in [5.41, 5.74) is 2.73. The van der Waals surface area contributed by atoms with E-state index in [1.54, 1.807) is 0 Å². The predicted octanol–water partition coefficient (Wildman–Crippen LogP) is 6.20. The number of rotatable bonds is 9. The summed E-state index contributed by atoms with van der Waals surface area (Å²) in [6.45, 7) is 10.9. The van der Waals surface area contributed by atoms with Crippen molar-refractivity contribution >= 4 is 6.08 Å². The number of benzene rings is 1. The van der Waals surface area contributed by atoms with Crippen LogP contribution in [0.5, 0.6) is 0 Å². The Morgan fingerprint density at radius 3 is 2.48 bits per heavy atom.